The summed E-state index contributed by atoms with van der Waals surface area (Å²) in [6, 6.07) is 22.6. The normalized spacial score (nSPS) is 15.7. The van der Waals surface area contributed by atoms with Crippen molar-refractivity contribution >= 4 is 17.3 Å². The van der Waals surface area contributed by atoms with Gasteiger partial charge in [-0.3, -0.25) is 4.90 Å². The van der Waals surface area contributed by atoms with E-state index in [4.69, 9.17) is 14.2 Å². The summed E-state index contributed by atoms with van der Waals surface area (Å²) in [5.74, 6) is 1.61. The Morgan fingerprint density at radius 1 is 0.972 bits per heavy atom. The molecule has 0 saturated heterocycles. The van der Waals surface area contributed by atoms with Crippen LogP contribution in [0.3, 0.4) is 0 Å². The Balaban J connectivity index is 1.63. The Labute approximate surface area is 210 Å². The molecule has 1 unspecified atom stereocenters. The first-order valence-electron chi connectivity index (χ1n) is 12.0. The summed E-state index contributed by atoms with van der Waals surface area (Å²) < 4.78 is 11.4. The van der Waals surface area contributed by atoms with Crippen molar-refractivity contribution in [3.05, 3.63) is 101 Å². The third kappa shape index (κ3) is 4.35. The molecule has 7 heteroatoms. The van der Waals surface area contributed by atoms with Crippen LogP contribution in [0.5, 0.6) is 5.75 Å². The summed E-state index contributed by atoms with van der Waals surface area (Å²) in [5, 5.41) is 7.40. The van der Waals surface area contributed by atoms with Crippen LogP contribution in [0.2, 0.25) is 0 Å². The first kappa shape index (κ1) is 23.4. The van der Waals surface area contributed by atoms with E-state index in [-0.39, 0.29) is 6.03 Å². The lowest BCUT2D eigenvalue weighted by atomic mass is 9.92. The Kier molecular flexibility index (Phi) is 6.29. The number of allylic oxidation sites excluding steroid dienone is 1. The Hall–Kier alpha value is -4.39. The molecule has 4 aromatic rings. The minimum absolute atomic E-state index is 0.230. The summed E-state index contributed by atoms with van der Waals surface area (Å²) in [6.07, 6.45) is 0. The third-order valence-electron chi connectivity index (χ3n) is 6.44. The van der Waals surface area contributed by atoms with Gasteiger partial charge >= 0.3 is 6.03 Å². The van der Waals surface area contributed by atoms with Crippen molar-refractivity contribution in [3.8, 4) is 17.1 Å². The molecule has 0 spiro atoms. The Morgan fingerprint density at radius 2 is 1.72 bits per heavy atom. The number of aryl methyl sites for hydroxylation is 2. The molecular weight excluding hydrogens is 452 g/mol. The van der Waals surface area contributed by atoms with E-state index >= 15 is 0 Å². The van der Waals surface area contributed by atoms with Crippen LogP contribution in [0.1, 0.15) is 42.5 Å². The standard InChI is InChI=1S/C29H28N4O3/c1-5-35-24-15-13-23(14-16-24)33-20(4)25(28-31-27(32-36-28)21-9-7-6-8-10-21)26(30-29(33)34)22-12-11-18(2)19(3)17-22/h6-17,26H,5H2,1-4H3,(H,30,34). The summed E-state index contributed by atoms with van der Waals surface area (Å²) >= 11 is 0. The molecular formula is C29H28N4O3. The van der Waals surface area contributed by atoms with Crippen LogP contribution in [0.25, 0.3) is 17.0 Å². The van der Waals surface area contributed by atoms with Crippen LogP contribution >= 0.6 is 0 Å². The van der Waals surface area contributed by atoms with E-state index in [1.165, 1.54) is 5.56 Å². The molecule has 1 N–H and O–H groups in total. The van der Waals surface area contributed by atoms with Gasteiger partial charge in [-0.1, -0.05) is 53.7 Å². The highest BCUT2D eigenvalue weighted by molar-refractivity contribution is 6.01. The van der Waals surface area contributed by atoms with Gasteiger partial charge in [-0.05, 0) is 68.7 Å². The molecule has 2 heterocycles. The van der Waals surface area contributed by atoms with Gasteiger partial charge in [0.2, 0.25) is 5.82 Å². The van der Waals surface area contributed by atoms with Crippen LogP contribution in [-0.4, -0.2) is 22.8 Å². The van der Waals surface area contributed by atoms with Gasteiger partial charge in [0.25, 0.3) is 5.89 Å². The molecule has 1 atom stereocenters. The second kappa shape index (κ2) is 9.70. The van der Waals surface area contributed by atoms with Crippen LogP contribution in [0.15, 0.2) is 83.0 Å². The van der Waals surface area contributed by atoms with Gasteiger partial charge < -0.3 is 14.6 Å². The molecule has 5 rings (SSSR count). The molecule has 182 valence electrons. The summed E-state index contributed by atoms with van der Waals surface area (Å²) in [6.45, 7) is 8.55. The van der Waals surface area contributed by atoms with E-state index in [0.717, 1.165) is 33.7 Å². The summed E-state index contributed by atoms with van der Waals surface area (Å²) in [5.41, 5.74) is 6.32. The van der Waals surface area contributed by atoms with Crippen LogP contribution in [0, 0.1) is 13.8 Å². The lowest BCUT2D eigenvalue weighted by Crippen LogP contribution is -2.46. The molecule has 1 aromatic heterocycles. The van der Waals surface area contributed by atoms with Gasteiger partial charge in [0.05, 0.1) is 23.9 Å². The van der Waals surface area contributed by atoms with Crippen molar-refractivity contribution in [2.45, 2.75) is 33.7 Å². The second-order valence-corrected chi connectivity index (χ2v) is 8.78. The maximum absolute atomic E-state index is 13.4. The SMILES string of the molecule is CCOc1ccc(N2C(=O)NC(c3ccc(C)c(C)c3)C(c3nc(-c4ccccc4)no3)=C2C)cc1. The van der Waals surface area contributed by atoms with E-state index < -0.39 is 6.04 Å². The Morgan fingerprint density at radius 3 is 2.42 bits per heavy atom. The number of rotatable bonds is 6. The molecule has 0 radical (unpaired) electrons. The van der Waals surface area contributed by atoms with Crippen molar-refractivity contribution in [2.75, 3.05) is 11.5 Å². The molecule has 0 fully saturated rings. The third-order valence-corrected chi connectivity index (χ3v) is 6.44. The first-order valence-corrected chi connectivity index (χ1v) is 12.0. The smallest absolute Gasteiger partial charge is 0.326 e. The highest BCUT2D eigenvalue weighted by Gasteiger charge is 2.36. The van der Waals surface area contributed by atoms with Crippen molar-refractivity contribution in [1.82, 2.24) is 15.5 Å². The van der Waals surface area contributed by atoms with Crippen molar-refractivity contribution in [3.63, 3.8) is 0 Å². The predicted molar refractivity (Wildman–Crippen MR) is 140 cm³/mol. The van der Waals surface area contributed by atoms with Gasteiger partial charge in [-0.25, -0.2) is 4.79 Å². The number of nitrogens with zero attached hydrogens (tertiary/aromatic N) is 3. The maximum Gasteiger partial charge on any atom is 0.326 e. The number of benzene rings is 3. The largest absolute Gasteiger partial charge is 0.494 e. The zero-order chi connectivity index (χ0) is 25.2. The predicted octanol–water partition coefficient (Wildman–Crippen LogP) is 6.45. The topological polar surface area (TPSA) is 80.5 Å². The molecule has 3 aromatic carbocycles. The van der Waals surface area contributed by atoms with Crippen LogP contribution < -0.4 is 15.0 Å². The van der Waals surface area contributed by atoms with Crippen molar-refractivity contribution in [2.24, 2.45) is 0 Å². The fourth-order valence-corrected chi connectivity index (χ4v) is 4.42. The monoisotopic (exact) mass is 480 g/mol. The lowest BCUT2D eigenvalue weighted by Gasteiger charge is -2.35. The van der Waals surface area contributed by atoms with Crippen LogP contribution in [0.4, 0.5) is 10.5 Å². The highest BCUT2D eigenvalue weighted by atomic mass is 16.5. The molecule has 0 bridgehead atoms. The molecule has 1 aliphatic rings. The number of hydrogen-bond donors (Lipinski definition) is 1. The number of hydrogen-bond acceptors (Lipinski definition) is 5. The Bertz CT molecular complexity index is 1420. The number of amides is 2. The van der Waals surface area contributed by atoms with Gasteiger partial charge in [-0.2, -0.15) is 4.98 Å². The number of nitrogens with one attached hydrogen (secondary N) is 1. The summed E-state index contributed by atoms with van der Waals surface area (Å²) in [4.78, 5) is 19.8. The average molecular weight is 481 g/mol. The number of carbonyl (C=O) groups excluding carboxylic acids is 1. The quantitative estimate of drug-likeness (QED) is 0.343. The lowest BCUT2D eigenvalue weighted by molar-refractivity contribution is 0.244. The number of aromatic nitrogens is 2. The fraction of sp³-hybridized carbons (Fsp3) is 0.207. The number of carbonyl (C=O) groups is 1. The van der Waals surface area contributed by atoms with E-state index in [2.05, 4.69) is 36.5 Å². The average Bonchev–Trinajstić information content (AvgIpc) is 3.37. The van der Waals surface area contributed by atoms with E-state index in [1.54, 1.807) is 4.90 Å². The molecule has 36 heavy (non-hydrogen) atoms. The molecule has 2 amide bonds. The minimum atomic E-state index is -0.445. The van der Waals surface area contributed by atoms with Gasteiger partial charge in [0, 0.05) is 11.3 Å². The highest BCUT2D eigenvalue weighted by Crippen LogP contribution is 2.39. The fourth-order valence-electron chi connectivity index (χ4n) is 4.42. The maximum atomic E-state index is 13.4. The van der Waals surface area contributed by atoms with Crippen LogP contribution in [-0.2, 0) is 0 Å². The molecule has 0 aliphatic carbocycles. The molecule has 7 nitrogen and oxygen atoms in total. The van der Waals surface area contributed by atoms with E-state index in [1.807, 2.05) is 74.5 Å². The van der Waals surface area contributed by atoms with Crippen molar-refractivity contribution in [1.29, 1.82) is 0 Å². The van der Waals surface area contributed by atoms with E-state index in [9.17, 15) is 4.79 Å². The van der Waals surface area contributed by atoms with Crippen molar-refractivity contribution < 1.29 is 14.1 Å². The number of urea groups is 1. The van der Waals surface area contributed by atoms with Gasteiger partial charge in [-0.15, -0.1) is 0 Å². The number of anilines is 1. The zero-order valence-corrected chi connectivity index (χ0v) is 20.8. The number of ether oxygens (including phenoxy) is 1. The molecule has 0 saturated carbocycles. The zero-order valence-electron chi connectivity index (χ0n) is 20.8. The van der Waals surface area contributed by atoms with Gasteiger partial charge in [0.1, 0.15) is 5.75 Å². The molecule has 1 aliphatic heterocycles. The first-order chi connectivity index (χ1) is 17.5. The minimum Gasteiger partial charge on any atom is -0.494 e. The second-order valence-electron chi connectivity index (χ2n) is 8.78. The van der Waals surface area contributed by atoms with E-state index in [0.29, 0.717) is 24.0 Å². The summed E-state index contributed by atoms with van der Waals surface area (Å²) in [7, 11) is 0. The van der Waals surface area contributed by atoms with Gasteiger partial charge in [0.15, 0.2) is 0 Å².